The second-order valence-corrected chi connectivity index (χ2v) is 6.33. The SMILES string of the molecule is FCCC/C=C/C1CCC(C2CCCCC2)CC1. The molecule has 0 aromatic heterocycles. The van der Waals surface area contributed by atoms with Crippen LogP contribution in [0.5, 0.6) is 0 Å². The molecule has 0 unspecified atom stereocenters. The molecule has 2 aliphatic rings. The van der Waals surface area contributed by atoms with Crippen molar-refractivity contribution in [3.05, 3.63) is 12.2 Å². The van der Waals surface area contributed by atoms with E-state index in [0.717, 1.165) is 24.2 Å². The fourth-order valence-corrected chi connectivity index (χ4v) is 3.90. The van der Waals surface area contributed by atoms with Crippen molar-refractivity contribution in [1.82, 2.24) is 0 Å². The van der Waals surface area contributed by atoms with Gasteiger partial charge in [0, 0.05) is 0 Å². The second-order valence-electron chi connectivity index (χ2n) is 6.33. The third kappa shape index (κ3) is 4.40. The molecule has 0 aliphatic heterocycles. The summed E-state index contributed by atoms with van der Waals surface area (Å²) in [6, 6.07) is 0. The molecule has 2 fully saturated rings. The van der Waals surface area contributed by atoms with Crippen molar-refractivity contribution in [3.8, 4) is 0 Å². The number of hydrogen-bond donors (Lipinski definition) is 0. The van der Waals surface area contributed by atoms with Gasteiger partial charge in [-0.3, -0.25) is 4.39 Å². The Kier molecular flexibility index (Phi) is 6.23. The van der Waals surface area contributed by atoms with Crippen LogP contribution >= 0.6 is 0 Å². The van der Waals surface area contributed by atoms with E-state index in [1.165, 1.54) is 57.8 Å². The van der Waals surface area contributed by atoms with Crippen molar-refractivity contribution in [1.29, 1.82) is 0 Å². The number of halogens is 1. The molecule has 0 atom stereocenters. The minimum Gasteiger partial charge on any atom is -0.251 e. The van der Waals surface area contributed by atoms with Gasteiger partial charge in [0.15, 0.2) is 0 Å². The topological polar surface area (TPSA) is 0 Å². The smallest absolute Gasteiger partial charge is 0.0897 e. The van der Waals surface area contributed by atoms with Crippen LogP contribution in [-0.2, 0) is 0 Å². The summed E-state index contributed by atoms with van der Waals surface area (Å²) in [5.74, 6) is 2.88. The van der Waals surface area contributed by atoms with Crippen molar-refractivity contribution in [2.45, 2.75) is 70.6 Å². The lowest BCUT2D eigenvalue weighted by molar-refractivity contribution is 0.180. The molecule has 1 heteroatoms. The lowest BCUT2D eigenvalue weighted by Crippen LogP contribution is -2.23. The van der Waals surface area contributed by atoms with Crippen LogP contribution in [0.3, 0.4) is 0 Å². The number of alkyl halides is 1. The molecule has 2 aliphatic carbocycles. The molecule has 0 spiro atoms. The highest BCUT2D eigenvalue weighted by Crippen LogP contribution is 2.40. The molecule has 0 aromatic rings. The standard InChI is InChI=1S/C17H29F/c18-14-6-2-3-7-15-10-12-17(13-11-15)16-8-4-1-5-9-16/h3,7,15-17H,1-2,4-6,8-14H2/b7-3+. The van der Waals surface area contributed by atoms with Gasteiger partial charge in [-0.15, -0.1) is 0 Å². The van der Waals surface area contributed by atoms with Gasteiger partial charge in [0.05, 0.1) is 6.67 Å². The largest absolute Gasteiger partial charge is 0.251 e. The Hall–Kier alpha value is -0.330. The first-order chi connectivity index (χ1) is 8.90. The summed E-state index contributed by atoms with van der Waals surface area (Å²) in [4.78, 5) is 0. The van der Waals surface area contributed by atoms with E-state index in [1.54, 1.807) is 0 Å². The second kappa shape index (κ2) is 7.96. The highest BCUT2D eigenvalue weighted by molar-refractivity contribution is 4.92. The van der Waals surface area contributed by atoms with Gasteiger partial charge >= 0.3 is 0 Å². The Bertz CT molecular complexity index is 232. The fourth-order valence-electron chi connectivity index (χ4n) is 3.90. The molecule has 18 heavy (non-hydrogen) atoms. The van der Waals surface area contributed by atoms with Gasteiger partial charge in [-0.25, -0.2) is 0 Å². The van der Waals surface area contributed by atoms with Crippen LogP contribution in [-0.4, -0.2) is 6.67 Å². The highest BCUT2D eigenvalue weighted by atomic mass is 19.1. The van der Waals surface area contributed by atoms with Crippen LogP contribution in [0.15, 0.2) is 12.2 Å². The van der Waals surface area contributed by atoms with Gasteiger partial charge in [0.2, 0.25) is 0 Å². The number of hydrogen-bond acceptors (Lipinski definition) is 0. The minimum atomic E-state index is -0.168. The summed E-state index contributed by atoms with van der Waals surface area (Å²) in [6.45, 7) is -0.168. The van der Waals surface area contributed by atoms with E-state index < -0.39 is 0 Å². The summed E-state index contributed by atoms with van der Waals surface area (Å²) < 4.78 is 12.0. The summed E-state index contributed by atoms with van der Waals surface area (Å²) in [5.41, 5.74) is 0. The molecular formula is C17H29F. The Balaban J connectivity index is 1.65. The summed E-state index contributed by atoms with van der Waals surface area (Å²) in [6.07, 6.45) is 19.3. The van der Waals surface area contributed by atoms with Crippen LogP contribution in [0.1, 0.15) is 70.6 Å². The van der Waals surface area contributed by atoms with Crippen LogP contribution in [0.2, 0.25) is 0 Å². The van der Waals surface area contributed by atoms with Crippen LogP contribution in [0, 0.1) is 17.8 Å². The Morgan fingerprint density at radius 2 is 1.50 bits per heavy atom. The molecule has 104 valence electrons. The van der Waals surface area contributed by atoms with E-state index >= 15 is 0 Å². The van der Waals surface area contributed by atoms with Crippen LogP contribution in [0.4, 0.5) is 4.39 Å². The summed E-state index contributed by atoms with van der Waals surface area (Å²) in [7, 11) is 0. The first-order valence-electron chi connectivity index (χ1n) is 8.12. The van der Waals surface area contributed by atoms with Gasteiger partial charge in [0.1, 0.15) is 0 Å². The van der Waals surface area contributed by atoms with Crippen molar-refractivity contribution in [3.63, 3.8) is 0 Å². The molecule has 0 aromatic carbocycles. The zero-order valence-electron chi connectivity index (χ0n) is 11.7. The number of unbranched alkanes of at least 4 members (excludes halogenated alkanes) is 1. The van der Waals surface area contributed by atoms with Crippen molar-refractivity contribution < 1.29 is 4.39 Å². The van der Waals surface area contributed by atoms with Crippen molar-refractivity contribution in [2.24, 2.45) is 17.8 Å². The predicted molar refractivity (Wildman–Crippen MR) is 76.4 cm³/mol. The maximum Gasteiger partial charge on any atom is 0.0897 e. The zero-order valence-corrected chi connectivity index (χ0v) is 11.7. The van der Waals surface area contributed by atoms with Crippen molar-refractivity contribution >= 4 is 0 Å². The van der Waals surface area contributed by atoms with Gasteiger partial charge in [0.25, 0.3) is 0 Å². The van der Waals surface area contributed by atoms with Crippen molar-refractivity contribution in [2.75, 3.05) is 6.67 Å². The van der Waals surface area contributed by atoms with E-state index in [2.05, 4.69) is 12.2 Å². The van der Waals surface area contributed by atoms with E-state index in [0.29, 0.717) is 6.42 Å². The average molecular weight is 252 g/mol. The van der Waals surface area contributed by atoms with Crippen LogP contribution in [0.25, 0.3) is 0 Å². The molecule has 0 nitrogen and oxygen atoms in total. The highest BCUT2D eigenvalue weighted by Gasteiger charge is 2.27. The summed E-state index contributed by atoms with van der Waals surface area (Å²) >= 11 is 0. The molecule has 2 rings (SSSR count). The Labute approximate surface area is 112 Å². The molecule has 0 amide bonds. The molecule has 0 heterocycles. The Morgan fingerprint density at radius 1 is 0.833 bits per heavy atom. The van der Waals surface area contributed by atoms with Gasteiger partial charge < -0.3 is 0 Å². The number of rotatable bonds is 5. The average Bonchev–Trinajstić information content (AvgIpc) is 2.45. The molecule has 2 saturated carbocycles. The summed E-state index contributed by atoms with van der Waals surface area (Å²) in [5, 5.41) is 0. The molecule has 0 radical (unpaired) electrons. The number of allylic oxidation sites excluding steroid dienone is 2. The molecule has 0 N–H and O–H groups in total. The van der Waals surface area contributed by atoms with E-state index in [9.17, 15) is 4.39 Å². The van der Waals surface area contributed by atoms with E-state index in [4.69, 9.17) is 0 Å². The Morgan fingerprint density at radius 3 is 2.17 bits per heavy atom. The quantitative estimate of drug-likeness (QED) is 0.436. The van der Waals surface area contributed by atoms with Gasteiger partial charge in [-0.05, 0) is 56.3 Å². The van der Waals surface area contributed by atoms with Gasteiger partial charge in [-0.2, -0.15) is 0 Å². The maximum atomic E-state index is 12.0. The first kappa shape index (κ1) is 14.1. The van der Waals surface area contributed by atoms with E-state index in [-0.39, 0.29) is 6.67 Å². The van der Waals surface area contributed by atoms with Crippen LogP contribution < -0.4 is 0 Å². The molecular weight excluding hydrogens is 223 g/mol. The molecule has 0 saturated heterocycles. The minimum absolute atomic E-state index is 0.168. The third-order valence-corrected chi connectivity index (χ3v) is 5.05. The lowest BCUT2D eigenvalue weighted by atomic mass is 9.71. The molecule has 0 bridgehead atoms. The zero-order chi connectivity index (χ0) is 12.6. The normalized spacial score (nSPS) is 30.9. The monoisotopic (exact) mass is 252 g/mol. The first-order valence-corrected chi connectivity index (χ1v) is 8.12. The predicted octanol–water partition coefficient (Wildman–Crippen LogP) is 5.68. The maximum absolute atomic E-state index is 12.0. The fraction of sp³-hybridized carbons (Fsp3) is 0.882. The lowest BCUT2D eigenvalue weighted by Gasteiger charge is -2.35. The van der Waals surface area contributed by atoms with Gasteiger partial charge in [-0.1, -0.05) is 44.3 Å². The van der Waals surface area contributed by atoms with E-state index in [1.807, 2.05) is 0 Å². The third-order valence-electron chi connectivity index (χ3n) is 5.05.